The highest BCUT2D eigenvalue weighted by molar-refractivity contribution is 5.23. The van der Waals surface area contributed by atoms with E-state index in [-0.39, 0.29) is 12.1 Å². The molecule has 2 N–H and O–H groups in total. The SMILES string of the molecule is NCc1cnccc1CC(F)(F)F. The molecule has 1 heterocycles. The Labute approximate surface area is 73.6 Å². The molecule has 1 aromatic rings. The minimum atomic E-state index is -4.19. The van der Waals surface area contributed by atoms with Gasteiger partial charge >= 0.3 is 6.18 Å². The van der Waals surface area contributed by atoms with Crippen LogP contribution < -0.4 is 5.73 Å². The zero-order chi connectivity index (χ0) is 9.90. The molecule has 13 heavy (non-hydrogen) atoms. The molecule has 0 spiro atoms. The molecule has 72 valence electrons. The maximum Gasteiger partial charge on any atom is 0.393 e. The number of halogens is 3. The first kappa shape index (κ1) is 9.98. The fraction of sp³-hybridized carbons (Fsp3) is 0.375. The molecule has 2 nitrogen and oxygen atoms in total. The van der Waals surface area contributed by atoms with Crippen LogP contribution in [0.2, 0.25) is 0 Å². The molecule has 5 heteroatoms. The molecule has 0 bridgehead atoms. The lowest BCUT2D eigenvalue weighted by atomic mass is 10.1. The minimum Gasteiger partial charge on any atom is -0.326 e. The lowest BCUT2D eigenvalue weighted by Crippen LogP contribution is -2.14. The highest BCUT2D eigenvalue weighted by Crippen LogP contribution is 2.22. The summed E-state index contributed by atoms with van der Waals surface area (Å²) in [6.07, 6.45) is -2.44. The van der Waals surface area contributed by atoms with Gasteiger partial charge in [0.25, 0.3) is 0 Å². The number of nitrogens with two attached hydrogens (primary N) is 1. The quantitative estimate of drug-likeness (QED) is 0.770. The molecule has 0 unspecified atom stereocenters. The van der Waals surface area contributed by atoms with Crippen molar-refractivity contribution in [3.05, 3.63) is 29.6 Å². The van der Waals surface area contributed by atoms with E-state index in [4.69, 9.17) is 5.73 Å². The zero-order valence-electron chi connectivity index (χ0n) is 6.80. The van der Waals surface area contributed by atoms with Gasteiger partial charge in [0.05, 0.1) is 6.42 Å². The second-order valence-corrected chi connectivity index (χ2v) is 2.64. The fourth-order valence-corrected chi connectivity index (χ4v) is 1.03. The topological polar surface area (TPSA) is 38.9 Å². The molecule has 1 rings (SSSR count). The maximum atomic E-state index is 12.0. The second-order valence-electron chi connectivity index (χ2n) is 2.64. The van der Waals surface area contributed by atoms with E-state index in [1.165, 1.54) is 18.5 Å². The maximum absolute atomic E-state index is 12.0. The Balaban J connectivity index is 2.87. The normalized spacial score (nSPS) is 11.7. The molecular weight excluding hydrogens is 181 g/mol. The smallest absolute Gasteiger partial charge is 0.326 e. The summed E-state index contributed by atoms with van der Waals surface area (Å²) in [6.45, 7) is 0.0826. The summed E-state index contributed by atoms with van der Waals surface area (Å²) >= 11 is 0. The van der Waals surface area contributed by atoms with E-state index < -0.39 is 12.6 Å². The van der Waals surface area contributed by atoms with Crippen LogP contribution in [0.4, 0.5) is 13.2 Å². The Bertz CT molecular complexity index is 283. The van der Waals surface area contributed by atoms with Crippen molar-refractivity contribution in [2.75, 3.05) is 0 Å². The fourth-order valence-electron chi connectivity index (χ4n) is 1.03. The van der Waals surface area contributed by atoms with Crippen molar-refractivity contribution in [1.82, 2.24) is 4.98 Å². The molecule has 1 aromatic heterocycles. The lowest BCUT2D eigenvalue weighted by Gasteiger charge is -2.09. The van der Waals surface area contributed by atoms with Gasteiger partial charge in [0, 0.05) is 18.9 Å². The van der Waals surface area contributed by atoms with Gasteiger partial charge < -0.3 is 5.73 Å². The molecule has 0 fully saturated rings. The molecule has 0 atom stereocenters. The second kappa shape index (κ2) is 3.74. The number of aromatic nitrogens is 1. The van der Waals surface area contributed by atoms with Crippen molar-refractivity contribution in [2.45, 2.75) is 19.1 Å². The number of rotatable bonds is 2. The summed E-state index contributed by atoms with van der Waals surface area (Å²) in [5, 5.41) is 0. The van der Waals surface area contributed by atoms with Crippen LogP contribution in [0.15, 0.2) is 18.5 Å². The third kappa shape index (κ3) is 3.02. The average molecular weight is 190 g/mol. The monoisotopic (exact) mass is 190 g/mol. The predicted molar refractivity (Wildman–Crippen MR) is 41.9 cm³/mol. The van der Waals surface area contributed by atoms with Crippen LogP contribution in [0.5, 0.6) is 0 Å². The Morgan fingerprint density at radius 1 is 1.31 bits per heavy atom. The molecule has 0 aliphatic rings. The summed E-state index contributed by atoms with van der Waals surface area (Å²) in [7, 11) is 0. The van der Waals surface area contributed by atoms with Crippen molar-refractivity contribution in [2.24, 2.45) is 5.73 Å². The average Bonchev–Trinajstić information content (AvgIpc) is 2.02. The highest BCUT2D eigenvalue weighted by Gasteiger charge is 2.28. The van der Waals surface area contributed by atoms with E-state index in [1.807, 2.05) is 0 Å². The van der Waals surface area contributed by atoms with E-state index >= 15 is 0 Å². The number of alkyl halides is 3. The van der Waals surface area contributed by atoms with Gasteiger partial charge in [0.15, 0.2) is 0 Å². The summed E-state index contributed by atoms with van der Waals surface area (Å²) in [4.78, 5) is 3.70. The Morgan fingerprint density at radius 2 is 2.00 bits per heavy atom. The number of pyridine rings is 1. The summed E-state index contributed by atoms with van der Waals surface area (Å²) < 4.78 is 36.0. The Kier molecular flexibility index (Phi) is 2.87. The van der Waals surface area contributed by atoms with Gasteiger partial charge in [0.2, 0.25) is 0 Å². The van der Waals surface area contributed by atoms with Crippen molar-refractivity contribution < 1.29 is 13.2 Å². The molecular formula is C8H9F3N2. The van der Waals surface area contributed by atoms with E-state index in [2.05, 4.69) is 4.98 Å². The Morgan fingerprint density at radius 3 is 2.54 bits per heavy atom. The van der Waals surface area contributed by atoms with Crippen LogP contribution >= 0.6 is 0 Å². The molecule has 0 saturated carbocycles. The van der Waals surface area contributed by atoms with Gasteiger partial charge in [-0.3, -0.25) is 4.98 Å². The third-order valence-corrected chi connectivity index (χ3v) is 1.62. The molecule has 0 aromatic carbocycles. The third-order valence-electron chi connectivity index (χ3n) is 1.62. The minimum absolute atomic E-state index is 0.0826. The first-order valence-electron chi connectivity index (χ1n) is 3.71. The van der Waals surface area contributed by atoms with Crippen molar-refractivity contribution in [1.29, 1.82) is 0 Å². The lowest BCUT2D eigenvalue weighted by molar-refractivity contribution is -0.127. The van der Waals surface area contributed by atoms with Crippen LogP contribution in [0.1, 0.15) is 11.1 Å². The first-order chi connectivity index (χ1) is 6.03. The zero-order valence-corrected chi connectivity index (χ0v) is 6.80. The van der Waals surface area contributed by atoms with Crippen LogP contribution in [0, 0.1) is 0 Å². The summed E-state index contributed by atoms with van der Waals surface area (Å²) in [6, 6.07) is 1.34. The van der Waals surface area contributed by atoms with Gasteiger partial charge in [-0.15, -0.1) is 0 Å². The van der Waals surface area contributed by atoms with Crippen molar-refractivity contribution >= 4 is 0 Å². The standard InChI is InChI=1S/C8H9F3N2/c9-8(10,11)3-6-1-2-13-5-7(6)4-12/h1-2,5H,3-4,12H2. The Hall–Kier alpha value is -1.10. The molecule has 0 saturated heterocycles. The summed E-state index contributed by atoms with van der Waals surface area (Å²) in [5.74, 6) is 0. The number of hydrogen-bond donors (Lipinski definition) is 1. The van der Waals surface area contributed by atoms with Gasteiger partial charge in [-0.1, -0.05) is 0 Å². The van der Waals surface area contributed by atoms with E-state index in [1.54, 1.807) is 0 Å². The molecule has 0 aliphatic heterocycles. The van der Waals surface area contributed by atoms with Gasteiger partial charge in [0.1, 0.15) is 0 Å². The van der Waals surface area contributed by atoms with E-state index in [0.717, 1.165) is 0 Å². The number of hydrogen-bond acceptors (Lipinski definition) is 2. The summed E-state index contributed by atoms with van der Waals surface area (Å²) in [5.41, 5.74) is 5.91. The van der Waals surface area contributed by atoms with Crippen LogP contribution in [-0.4, -0.2) is 11.2 Å². The van der Waals surface area contributed by atoms with Crippen LogP contribution in [-0.2, 0) is 13.0 Å². The highest BCUT2D eigenvalue weighted by atomic mass is 19.4. The largest absolute Gasteiger partial charge is 0.393 e. The van der Waals surface area contributed by atoms with E-state index in [9.17, 15) is 13.2 Å². The first-order valence-corrected chi connectivity index (χ1v) is 3.71. The van der Waals surface area contributed by atoms with Gasteiger partial charge in [-0.2, -0.15) is 13.2 Å². The van der Waals surface area contributed by atoms with Crippen LogP contribution in [0.3, 0.4) is 0 Å². The van der Waals surface area contributed by atoms with Crippen molar-refractivity contribution in [3.63, 3.8) is 0 Å². The number of nitrogens with zero attached hydrogens (tertiary/aromatic N) is 1. The van der Waals surface area contributed by atoms with Crippen molar-refractivity contribution in [3.8, 4) is 0 Å². The van der Waals surface area contributed by atoms with E-state index in [0.29, 0.717) is 5.56 Å². The van der Waals surface area contributed by atoms with Gasteiger partial charge in [-0.05, 0) is 17.2 Å². The van der Waals surface area contributed by atoms with Crippen LogP contribution in [0.25, 0.3) is 0 Å². The predicted octanol–water partition coefficient (Wildman–Crippen LogP) is 1.65. The van der Waals surface area contributed by atoms with Gasteiger partial charge in [-0.25, -0.2) is 0 Å². The molecule has 0 amide bonds. The molecule has 0 aliphatic carbocycles. The molecule has 0 radical (unpaired) electrons.